The van der Waals surface area contributed by atoms with Gasteiger partial charge in [-0.25, -0.2) is 18.7 Å². The monoisotopic (exact) mass is 503 g/mol. The molecule has 0 aliphatic heterocycles. The van der Waals surface area contributed by atoms with Crippen molar-refractivity contribution in [2.45, 2.75) is 32.5 Å². The van der Waals surface area contributed by atoms with Gasteiger partial charge >= 0.3 is 12.1 Å². The van der Waals surface area contributed by atoms with Gasteiger partial charge in [0.2, 0.25) is 5.75 Å². The second-order valence-electron chi connectivity index (χ2n) is 7.09. The Balaban J connectivity index is 2.27. The van der Waals surface area contributed by atoms with Crippen LogP contribution in [0.3, 0.4) is 0 Å². The van der Waals surface area contributed by atoms with Gasteiger partial charge in [-0.05, 0) is 26.0 Å². The highest BCUT2D eigenvalue weighted by Crippen LogP contribution is 2.46. The van der Waals surface area contributed by atoms with E-state index in [0.717, 1.165) is 0 Å². The van der Waals surface area contributed by atoms with Crippen LogP contribution in [0.2, 0.25) is 0 Å². The van der Waals surface area contributed by atoms with Crippen molar-refractivity contribution in [3.05, 3.63) is 79.1 Å². The van der Waals surface area contributed by atoms with E-state index in [0.29, 0.717) is 23.0 Å². The quantitative estimate of drug-likeness (QED) is 0.533. The van der Waals surface area contributed by atoms with Crippen LogP contribution in [0.15, 0.2) is 28.0 Å². The third-order valence-corrected chi connectivity index (χ3v) is 4.69. The van der Waals surface area contributed by atoms with Gasteiger partial charge in [0.05, 0.1) is 24.0 Å². The smallest absolute Gasteiger partial charge is 0.443 e. The zero-order chi connectivity index (χ0) is 26.3. The topological polar surface area (TPSA) is 114 Å². The van der Waals surface area contributed by atoms with Gasteiger partial charge in [-0.1, -0.05) is 0 Å². The lowest BCUT2D eigenvalue weighted by atomic mass is 10.2. The van der Waals surface area contributed by atoms with Gasteiger partial charge in [0, 0.05) is 5.69 Å². The second kappa shape index (κ2) is 8.85. The summed E-state index contributed by atoms with van der Waals surface area (Å²) >= 11 is 0. The summed E-state index contributed by atoms with van der Waals surface area (Å²) in [7, 11) is 0. The van der Waals surface area contributed by atoms with E-state index in [4.69, 9.17) is 5.26 Å². The number of nitrogens with zero attached hydrogens (tertiary/aromatic N) is 4. The van der Waals surface area contributed by atoms with Crippen LogP contribution in [-0.4, -0.2) is 25.7 Å². The molecule has 0 fully saturated rings. The lowest BCUT2D eigenvalue weighted by Gasteiger charge is -2.22. The van der Waals surface area contributed by atoms with Crippen molar-refractivity contribution in [2.24, 2.45) is 0 Å². The average Bonchev–Trinajstić information content (AvgIpc) is 2.74. The molecular formula is C20H12F7N5O3. The summed E-state index contributed by atoms with van der Waals surface area (Å²) in [6, 6.07) is 2.44. The maximum absolute atomic E-state index is 14.4. The minimum absolute atomic E-state index is 0.101. The Bertz CT molecular complexity index is 1470. The van der Waals surface area contributed by atoms with Crippen LogP contribution in [0.1, 0.15) is 28.3 Å². The lowest BCUT2D eigenvalue weighted by molar-refractivity contribution is -0.291. The van der Waals surface area contributed by atoms with Crippen molar-refractivity contribution in [3.8, 4) is 17.6 Å². The summed E-state index contributed by atoms with van der Waals surface area (Å²) in [6.07, 6.45) is -5.97. The highest BCUT2D eigenvalue weighted by molar-refractivity contribution is 5.43. The molecule has 3 aromatic rings. The molecule has 0 amide bonds. The standard InChI is InChI=1S/C20H12F7N5O3/c1-8-11(17(33)31-9(2)30-8)6-32-7-29-16(19(23,24)20(25,26)27)15(18(32)34)35-14-12(21)4-3-10(5-28)13(14)22/h3-4,7H,6H2,1-2H3,(H,30,31,33). The van der Waals surface area contributed by atoms with Crippen molar-refractivity contribution in [2.75, 3.05) is 0 Å². The summed E-state index contributed by atoms with van der Waals surface area (Å²) in [5, 5.41) is 8.87. The molecule has 0 spiro atoms. The fourth-order valence-electron chi connectivity index (χ4n) is 2.95. The molecule has 1 N–H and O–H groups in total. The van der Waals surface area contributed by atoms with Crippen LogP contribution >= 0.6 is 0 Å². The Morgan fingerprint density at radius 3 is 2.34 bits per heavy atom. The van der Waals surface area contributed by atoms with Crippen molar-refractivity contribution in [3.63, 3.8) is 0 Å². The number of ether oxygens (including phenoxy) is 1. The molecule has 8 nitrogen and oxygen atoms in total. The molecule has 15 heteroatoms. The van der Waals surface area contributed by atoms with E-state index < -0.39 is 64.2 Å². The highest BCUT2D eigenvalue weighted by Gasteiger charge is 2.62. The first-order valence-electron chi connectivity index (χ1n) is 9.35. The van der Waals surface area contributed by atoms with Crippen molar-refractivity contribution < 1.29 is 35.5 Å². The Morgan fingerprint density at radius 2 is 1.77 bits per heavy atom. The third-order valence-electron chi connectivity index (χ3n) is 4.69. The molecule has 3 rings (SSSR count). The minimum atomic E-state index is -6.27. The normalized spacial score (nSPS) is 11.9. The Hall–Kier alpha value is -4.22. The SMILES string of the molecule is Cc1nc(C)c(Cn2cnc(C(F)(F)C(F)(F)F)c(Oc3c(F)ccc(C#N)c3F)c2=O)c(=O)[nH]1. The third kappa shape index (κ3) is 4.59. The number of aryl methyl sites for hydroxylation is 2. The van der Waals surface area contributed by atoms with Crippen LogP contribution in [0.4, 0.5) is 30.7 Å². The number of aromatic amines is 1. The number of H-pyrrole nitrogens is 1. The fourth-order valence-corrected chi connectivity index (χ4v) is 2.95. The molecule has 2 aromatic heterocycles. The van der Waals surface area contributed by atoms with Gasteiger partial charge in [-0.2, -0.15) is 27.2 Å². The zero-order valence-electron chi connectivity index (χ0n) is 17.6. The molecule has 0 atom stereocenters. The number of aromatic nitrogens is 4. The number of hydrogen-bond acceptors (Lipinski definition) is 6. The van der Waals surface area contributed by atoms with E-state index in [1.165, 1.54) is 19.9 Å². The van der Waals surface area contributed by atoms with Crippen LogP contribution in [-0.2, 0) is 12.5 Å². The molecular weight excluding hydrogens is 491 g/mol. The second-order valence-corrected chi connectivity index (χ2v) is 7.09. The molecule has 184 valence electrons. The summed E-state index contributed by atoms with van der Waals surface area (Å²) in [6.45, 7) is 2.11. The molecule has 0 saturated carbocycles. The predicted molar refractivity (Wildman–Crippen MR) is 103 cm³/mol. The van der Waals surface area contributed by atoms with E-state index in [1.54, 1.807) is 0 Å². The number of nitrogens with one attached hydrogen (secondary N) is 1. The number of rotatable bonds is 5. The van der Waals surface area contributed by atoms with Gasteiger partial charge in [0.1, 0.15) is 11.9 Å². The van der Waals surface area contributed by atoms with Crippen molar-refractivity contribution in [1.29, 1.82) is 5.26 Å². The summed E-state index contributed by atoms with van der Waals surface area (Å²) < 4.78 is 101. The van der Waals surface area contributed by atoms with Crippen molar-refractivity contribution in [1.82, 2.24) is 19.5 Å². The highest BCUT2D eigenvalue weighted by atomic mass is 19.4. The molecule has 2 heterocycles. The predicted octanol–water partition coefficient (Wildman–Crippen LogP) is 3.59. The van der Waals surface area contributed by atoms with E-state index in [1.807, 2.05) is 0 Å². The van der Waals surface area contributed by atoms with Crippen molar-refractivity contribution >= 4 is 0 Å². The molecule has 0 saturated heterocycles. The van der Waals surface area contributed by atoms with Crippen LogP contribution in [0, 0.1) is 36.8 Å². The first kappa shape index (κ1) is 25.4. The maximum Gasteiger partial charge on any atom is 0.459 e. The number of benzene rings is 1. The molecule has 0 bridgehead atoms. The van der Waals surface area contributed by atoms with E-state index >= 15 is 0 Å². The average molecular weight is 503 g/mol. The zero-order valence-corrected chi connectivity index (χ0v) is 17.6. The minimum Gasteiger partial charge on any atom is -0.443 e. The van der Waals surface area contributed by atoms with Crippen LogP contribution in [0.5, 0.6) is 11.5 Å². The summed E-state index contributed by atoms with van der Waals surface area (Å²) in [5.74, 6) is -12.4. The Labute approximate surface area is 190 Å². The van der Waals surface area contributed by atoms with E-state index in [9.17, 15) is 40.3 Å². The lowest BCUT2D eigenvalue weighted by Crippen LogP contribution is -2.38. The van der Waals surface area contributed by atoms with Gasteiger partial charge in [0.25, 0.3) is 11.1 Å². The maximum atomic E-state index is 14.4. The fraction of sp³-hybridized carbons (Fsp3) is 0.250. The largest absolute Gasteiger partial charge is 0.459 e. The number of hydrogen-bond donors (Lipinski definition) is 1. The first-order valence-corrected chi connectivity index (χ1v) is 9.35. The molecule has 1 aromatic carbocycles. The molecule has 0 aliphatic carbocycles. The van der Waals surface area contributed by atoms with Gasteiger partial charge in [-0.3, -0.25) is 14.2 Å². The Kier molecular flexibility index (Phi) is 6.43. The number of alkyl halides is 5. The van der Waals surface area contributed by atoms with Gasteiger partial charge in [0.15, 0.2) is 23.1 Å². The molecule has 0 radical (unpaired) electrons. The van der Waals surface area contributed by atoms with Crippen LogP contribution in [0.25, 0.3) is 0 Å². The number of halogens is 7. The van der Waals surface area contributed by atoms with Gasteiger partial charge in [-0.15, -0.1) is 0 Å². The van der Waals surface area contributed by atoms with E-state index in [-0.39, 0.29) is 17.1 Å². The van der Waals surface area contributed by atoms with Gasteiger partial charge < -0.3 is 9.72 Å². The first-order chi connectivity index (χ1) is 16.2. The summed E-state index contributed by atoms with van der Waals surface area (Å²) in [5.41, 5.74) is -5.66. The molecule has 0 unspecified atom stereocenters. The molecule has 35 heavy (non-hydrogen) atoms. The molecule has 0 aliphatic rings. The Morgan fingerprint density at radius 1 is 1.11 bits per heavy atom. The number of nitriles is 1. The van der Waals surface area contributed by atoms with Crippen LogP contribution < -0.4 is 15.9 Å². The summed E-state index contributed by atoms with van der Waals surface area (Å²) in [4.78, 5) is 34.4. The van der Waals surface area contributed by atoms with E-state index in [2.05, 4.69) is 19.7 Å².